The number of aliphatic hydroxyl groups excluding tert-OH is 1. The normalized spacial score (nSPS) is 10.8. The first-order valence-corrected chi connectivity index (χ1v) is 11.0. The van der Waals surface area contributed by atoms with Gasteiger partial charge in [-0.1, -0.05) is 68.9 Å². The predicted octanol–water partition coefficient (Wildman–Crippen LogP) is 7.10. The summed E-state index contributed by atoms with van der Waals surface area (Å²) in [6.45, 7) is 8.02. The second-order valence-electron chi connectivity index (χ2n) is 6.07. The molecule has 3 rings (SSSR count). The van der Waals surface area contributed by atoms with Gasteiger partial charge in [-0.25, -0.2) is 4.98 Å². The Morgan fingerprint density at radius 1 is 1.07 bits per heavy atom. The van der Waals surface area contributed by atoms with E-state index in [2.05, 4.69) is 73.0 Å². The highest BCUT2D eigenvalue weighted by molar-refractivity contribution is 8.01. The lowest BCUT2D eigenvalue weighted by atomic mass is 10.1. The largest absolute Gasteiger partial charge is 0.368 e. The minimum absolute atomic E-state index is 0. The van der Waals surface area contributed by atoms with Gasteiger partial charge in [0, 0.05) is 12.9 Å². The molecule has 0 aliphatic rings. The molecular formula is C23H35NO2S2. The highest BCUT2D eigenvalue weighted by Gasteiger charge is 2.02. The summed E-state index contributed by atoms with van der Waals surface area (Å²) in [7, 11) is 1.45. The van der Waals surface area contributed by atoms with Gasteiger partial charge in [0.2, 0.25) is 0 Å². The van der Waals surface area contributed by atoms with Crippen molar-refractivity contribution in [1.29, 1.82) is 0 Å². The molecule has 0 fully saturated rings. The monoisotopic (exact) mass is 421 g/mol. The third kappa shape index (κ3) is 10.8. The molecule has 3 aromatic rings. The van der Waals surface area contributed by atoms with E-state index in [4.69, 9.17) is 5.11 Å². The second-order valence-corrected chi connectivity index (χ2v) is 8.44. The van der Waals surface area contributed by atoms with Gasteiger partial charge < -0.3 is 9.84 Å². The van der Waals surface area contributed by atoms with Gasteiger partial charge in [-0.15, -0.1) is 11.3 Å². The van der Waals surface area contributed by atoms with E-state index >= 15 is 0 Å². The summed E-state index contributed by atoms with van der Waals surface area (Å²) in [4.78, 5) is 4.57. The van der Waals surface area contributed by atoms with Crippen molar-refractivity contribution in [3.8, 4) is 0 Å². The molecule has 1 heterocycles. The summed E-state index contributed by atoms with van der Waals surface area (Å²) in [5, 5.41) is 8.14. The third-order valence-corrected chi connectivity index (χ3v) is 6.03. The molecule has 0 aliphatic heterocycles. The summed E-state index contributed by atoms with van der Waals surface area (Å²) < 4.78 is 6.81. The molecular weight excluding hydrogens is 386 g/mol. The molecule has 5 heteroatoms. The quantitative estimate of drug-likeness (QED) is 0.271. The van der Waals surface area contributed by atoms with Crippen molar-refractivity contribution in [3.05, 3.63) is 59.7 Å². The fraction of sp³-hybridized carbons (Fsp3) is 0.435. The number of thioether (sulfide) groups is 1. The lowest BCUT2D eigenvalue weighted by molar-refractivity contribution is -0.0583. The van der Waals surface area contributed by atoms with Gasteiger partial charge in [-0.2, -0.15) is 0 Å². The van der Waals surface area contributed by atoms with E-state index in [-0.39, 0.29) is 7.43 Å². The first-order valence-electron chi connectivity index (χ1n) is 9.19. The van der Waals surface area contributed by atoms with Crippen molar-refractivity contribution in [2.45, 2.75) is 58.6 Å². The Hall–Kier alpha value is -1.40. The molecule has 1 atom stereocenters. The lowest BCUT2D eigenvalue weighted by Crippen LogP contribution is -1.99. The van der Waals surface area contributed by atoms with Crippen LogP contribution in [0.1, 0.15) is 45.2 Å². The molecule has 0 aliphatic carbocycles. The molecule has 0 bridgehead atoms. The zero-order valence-corrected chi connectivity index (χ0v) is 18.6. The molecule has 0 amide bonds. The zero-order valence-electron chi connectivity index (χ0n) is 16.9. The van der Waals surface area contributed by atoms with Crippen molar-refractivity contribution in [1.82, 2.24) is 4.98 Å². The number of benzene rings is 2. The summed E-state index contributed by atoms with van der Waals surface area (Å²) in [6, 6.07) is 16.7. The highest BCUT2D eigenvalue weighted by atomic mass is 32.2. The van der Waals surface area contributed by atoms with Gasteiger partial charge in [-0.05, 0) is 50.5 Å². The number of hydrogen-bond donors (Lipinski definition) is 1. The Balaban J connectivity index is 0.000000444. The molecule has 1 unspecified atom stereocenters. The number of unbranched alkanes of at least 4 members (excludes halogenated alkanes) is 1. The Labute approximate surface area is 179 Å². The number of rotatable bonds is 5. The van der Waals surface area contributed by atoms with E-state index in [0.29, 0.717) is 0 Å². The van der Waals surface area contributed by atoms with E-state index in [9.17, 15) is 0 Å². The maximum Gasteiger partial charge on any atom is 0.151 e. The smallest absolute Gasteiger partial charge is 0.151 e. The lowest BCUT2D eigenvalue weighted by Gasteiger charge is -1.94. The molecule has 0 spiro atoms. The van der Waals surface area contributed by atoms with E-state index in [1.54, 1.807) is 18.3 Å². The Kier molecular flexibility index (Phi) is 14.7. The standard InChI is InChI=1S/C11H13NS2.C8H10.C3H8O2.CH4/c1-2-3-8-13-11-12-9-6-4-5-7-10(9)14-11;1-7-5-3-4-6-8(7)2;1-3(4)5-2;/h4-7H,2-3,8H2,1H3;3-6H,1-2H3;3-4H,1-2H3;1H4. The van der Waals surface area contributed by atoms with Gasteiger partial charge in [0.05, 0.1) is 10.2 Å². The summed E-state index contributed by atoms with van der Waals surface area (Å²) in [5.41, 5.74) is 3.87. The topological polar surface area (TPSA) is 42.4 Å². The van der Waals surface area contributed by atoms with Crippen LogP contribution >= 0.6 is 23.1 Å². The number of fused-ring (bicyclic) bond motifs is 1. The fourth-order valence-electron chi connectivity index (χ4n) is 1.88. The number of aliphatic hydroxyl groups is 1. The average molecular weight is 422 g/mol. The Bertz CT molecular complexity index is 718. The minimum atomic E-state index is -0.616. The van der Waals surface area contributed by atoms with Crippen LogP contribution in [-0.4, -0.2) is 29.2 Å². The van der Waals surface area contributed by atoms with E-state index in [1.807, 2.05) is 17.8 Å². The second kappa shape index (κ2) is 15.5. The van der Waals surface area contributed by atoms with Gasteiger partial charge in [0.25, 0.3) is 0 Å². The average Bonchev–Trinajstić information content (AvgIpc) is 3.08. The summed E-state index contributed by atoms with van der Waals surface area (Å²) >= 11 is 3.68. The Morgan fingerprint density at radius 2 is 1.61 bits per heavy atom. The van der Waals surface area contributed by atoms with Crippen LogP contribution in [0.4, 0.5) is 0 Å². The fourth-order valence-corrected chi connectivity index (χ4v) is 4.10. The van der Waals surface area contributed by atoms with Crippen LogP contribution in [0.5, 0.6) is 0 Å². The van der Waals surface area contributed by atoms with Gasteiger partial charge in [0.15, 0.2) is 10.6 Å². The van der Waals surface area contributed by atoms with Gasteiger partial charge in [0.1, 0.15) is 0 Å². The number of aromatic nitrogens is 1. The zero-order chi connectivity index (χ0) is 20.1. The summed E-state index contributed by atoms with van der Waals surface area (Å²) in [6.07, 6.45) is 1.92. The third-order valence-electron chi connectivity index (χ3n) is 3.76. The van der Waals surface area contributed by atoms with Crippen LogP contribution < -0.4 is 0 Å². The van der Waals surface area contributed by atoms with Crippen LogP contribution in [0.2, 0.25) is 0 Å². The van der Waals surface area contributed by atoms with Crippen LogP contribution in [0.15, 0.2) is 52.9 Å². The van der Waals surface area contributed by atoms with Crippen molar-refractivity contribution < 1.29 is 9.84 Å². The first kappa shape index (κ1) is 26.6. The maximum atomic E-state index is 8.14. The molecule has 0 radical (unpaired) electrons. The van der Waals surface area contributed by atoms with Crippen LogP contribution in [0.25, 0.3) is 10.2 Å². The van der Waals surface area contributed by atoms with Crippen LogP contribution in [-0.2, 0) is 4.74 Å². The molecule has 28 heavy (non-hydrogen) atoms. The van der Waals surface area contributed by atoms with E-state index in [1.165, 1.54) is 45.9 Å². The van der Waals surface area contributed by atoms with Gasteiger partial charge >= 0.3 is 0 Å². The van der Waals surface area contributed by atoms with Crippen LogP contribution in [0, 0.1) is 13.8 Å². The van der Waals surface area contributed by atoms with E-state index < -0.39 is 6.29 Å². The predicted molar refractivity (Wildman–Crippen MR) is 127 cm³/mol. The SMILES string of the molecule is C.CCCCSc1nc2ccccc2s1.COC(C)O.Cc1ccccc1C. The number of methoxy groups -OCH3 is 1. The molecule has 0 saturated heterocycles. The van der Waals surface area contributed by atoms with Crippen molar-refractivity contribution in [2.75, 3.05) is 12.9 Å². The highest BCUT2D eigenvalue weighted by Crippen LogP contribution is 2.29. The van der Waals surface area contributed by atoms with Crippen molar-refractivity contribution >= 4 is 33.3 Å². The molecule has 156 valence electrons. The molecule has 1 N–H and O–H groups in total. The number of thiazole rings is 1. The number of aryl methyl sites for hydroxylation is 2. The van der Waals surface area contributed by atoms with Crippen molar-refractivity contribution in [2.24, 2.45) is 0 Å². The number of hydrogen-bond acceptors (Lipinski definition) is 5. The number of para-hydroxylation sites is 1. The maximum absolute atomic E-state index is 8.14. The minimum Gasteiger partial charge on any atom is -0.368 e. The Morgan fingerprint density at radius 3 is 2.07 bits per heavy atom. The molecule has 3 nitrogen and oxygen atoms in total. The number of ether oxygens (including phenoxy) is 1. The molecule has 0 saturated carbocycles. The number of nitrogens with zero attached hydrogens (tertiary/aromatic N) is 1. The van der Waals surface area contributed by atoms with Gasteiger partial charge in [-0.3, -0.25) is 0 Å². The molecule has 2 aromatic carbocycles. The molecule has 1 aromatic heterocycles. The van der Waals surface area contributed by atoms with E-state index in [0.717, 1.165) is 5.52 Å². The van der Waals surface area contributed by atoms with Crippen LogP contribution in [0.3, 0.4) is 0 Å². The van der Waals surface area contributed by atoms with Crippen molar-refractivity contribution in [3.63, 3.8) is 0 Å². The summed E-state index contributed by atoms with van der Waals surface area (Å²) in [5.74, 6) is 1.19. The first-order chi connectivity index (χ1) is 13.0.